The number of rotatable bonds is 9. The summed E-state index contributed by atoms with van der Waals surface area (Å²) in [5.74, 6) is -0.333. The van der Waals surface area contributed by atoms with Gasteiger partial charge in [0.15, 0.2) is 0 Å². The number of phenols is 1. The van der Waals surface area contributed by atoms with E-state index in [4.69, 9.17) is 9.47 Å². The number of carbonyl (C=O) groups excluding carboxylic acids is 3. The standard InChI is InChI=1S/C26H35N3O6/c1-7-17(2)29(22(31)16-27-25(33)35-26(3,4)5)23(18-9-8-10-20(30)15-18)24(32)28-19-11-13-21(34-6)14-12-19/h8-15,17,23,30H,7,16H2,1-6H3,(H,27,33)(H,28,32). The van der Waals surface area contributed by atoms with Gasteiger partial charge in [0.05, 0.1) is 7.11 Å². The molecule has 2 unspecified atom stereocenters. The number of nitrogens with one attached hydrogen (secondary N) is 2. The highest BCUT2D eigenvalue weighted by atomic mass is 16.6. The minimum absolute atomic E-state index is 0.0341. The lowest BCUT2D eigenvalue weighted by molar-refractivity contribution is -0.140. The highest BCUT2D eigenvalue weighted by Crippen LogP contribution is 2.29. The molecule has 0 saturated carbocycles. The number of nitrogens with zero attached hydrogens (tertiary/aromatic N) is 1. The van der Waals surface area contributed by atoms with Crippen molar-refractivity contribution >= 4 is 23.6 Å². The van der Waals surface area contributed by atoms with E-state index in [1.165, 1.54) is 17.0 Å². The molecule has 9 heteroatoms. The zero-order valence-corrected chi connectivity index (χ0v) is 21.1. The molecule has 2 aromatic rings. The summed E-state index contributed by atoms with van der Waals surface area (Å²) in [6.07, 6.45) is -0.171. The molecule has 0 spiro atoms. The zero-order valence-electron chi connectivity index (χ0n) is 21.1. The van der Waals surface area contributed by atoms with E-state index in [2.05, 4.69) is 10.6 Å². The van der Waals surface area contributed by atoms with Crippen molar-refractivity contribution < 1.29 is 29.0 Å². The average Bonchev–Trinajstić information content (AvgIpc) is 2.79. The van der Waals surface area contributed by atoms with E-state index in [9.17, 15) is 19.5 Å². The molecule has 0 heterocycles. The van der Waals surface area contributed by atoms with Gasteiger partial charge in [-0.05, 0) is 76.1 Å². The Morgan fingerprint density at radius 1 is 1.09 bits per heavy atom. The van der Waals surface area contributed by atoms with Crippen LogP contribution in [0.25, 0.3) is 0 Å². The number of hydrogen-bond donors (Lipinski definition) is 3. The normalized spacial score (nSPS) is 12.7. The predicted molar refractivity (Wildman–Crippen MR) is 133 cm³/mol. The molecule has 0 aliphatic rings. The van der Waals surface area contributed by atoms with Gasteiger partial charge >= 0.3 is 6.09 Å². The Morgan fingerprint density at radius 3 is 2.29 bits per heavy atom. The van der Waals surface area contributed by atoms with Gasteiger partial charge in [-0.3, -0.25) is 9.59 Å². The van der Waals surface area contributed by atoms with Crippen LogP contribution in [0.15, 0.2) is 48.5 Å². The van der Waals surface area contributed by atoms with Gasteiger partial charge in [-0.25, -0.2) is 4.79 Å². The van der Waals surface area contributed by atoms with Gasteiger partial charge in [0.2, 0.25) is 5.91 Å². The van der Waals surface area contributed by atoms with Crippen LogP contribution in [0.5, 0.6) is 11.5 Å². The van der Waals surface area contributed by atoms with Crippen LogP contribution in [0.1, 0.15) is 52.6 Å². The minimum atomic E-state index is -1.06. The first-order valence-corrected chi connectivity index (χ1v) is 11.5. The Hall–Kier alpha value is -3.75. The van der Waals surface area contributed by atoms with Crippen molar-refractivity contribution in [2.24, 2.45) is 0 Å². The van der Waals surface area contributed by atoms with Gasteiger partial charge in [-0.2, -0.15) is 0 Å². The molecule has 0 aliphatic heterocycles. The fourth-order valence-electron chi connectivity index (χ4n) is 3.41. The van der Waals surface area contributed by atoms with Crippen LogP contribution >= 0.6 is 0 Å². The second kappa shape index (κ2) is 12.1. The van der Waals surface area contributed by atoms with E-state index in [1.54, 1.807) is 64.3 Å². The third-order valence-corrected chi connectivity index (χ3v) is 5.21. The first-order valence-electron chi connectivity index (χ1n) is 11.5. The highest BCUT2D eigenvalue weighted by Gasteiger charge is 2.34. The summed E-state index contributed by atoms with van der Waals surface area (Å²) in [6.45, 7) is 8.53. The Balaban J connectivity index is 2.37. The lowest BCUT2D eigenvalue weighted by Gasteiger charge is -2.36. The van der Waals surface area contributed by atoms with Crippen molar-refractivity contribution in [1.82, 2.24) is 10.2 Å². The molecule has 190 valence electrons. The summed E-state index contributed by atoms with van der Waals surface area (Å²) in [4.78, 5) is 40.4. The molecule has 35 heavy (non-hydrogen) atoms. The van der Waals surface area contributed by atoms with Crippen LogP contribution in [0.3, 0.4) is 0 Å². The maximum Gasteiger partial charge on any atom is 0.408 e. The van der Waals surface area contributed by atoms with Crippen molar-refractivity contribution in [2.75, 3.05) is 19.0 Å². The largest absolute Gasteiger partial charge is 0.508 e. The predicted octanol–water partition coefficient (Wildman–Crippen LogP) is 4.23. The van der Waals surface area contributed by atoms with Gasteiger partial charge in [0.25, 0.3) is 5.91 Å². The number of benzene rings is 2. The Labute approximate surface area is 206 Å². The number of alkyl carbamates (subject to hydrolysis) is 1. The van der Waals surface area contributed by atoms with Gasteiger partial charge < -0.3 is 30.1 Å². The number of amides is 3. The van der Waals surface area contributed by atoms with Crippen LogP contribution < -0.4 is 15.4 Å². The van der Waals surface area contributed by atoms with Crippen LogP contribution in [0.4, 0.5) is 10.5 Å². The third kappa shape index (κ3) is 8.20. The summed E-state index contributed by atoms with van der Waals surface area (Å²) >= 11 is 0. The van der Waals surface area contributed by atoms with E-state index in [0.29, 0.717) is 23.4 Å². The van der Waals surface area contributed by atoms with Crippen molar-refractivity contribution in [3.63, 3.8) is 0 Å². The number of methoxy groups -OCH3 is 1. The third-order valence-electron chi connectivity index (χ3n) is 5.21. The van der Waals surface area contributed by atoms with Gasteiger partial charge in [-0.15, -0.1) is 0 Å². The molecule has 0 bridgehead atoms. The van der Waals surface area contributed by atoms with Crippen LogP contribution in [0.2, 0.25) is 0 Å². The van der Waals surface area contributed by atoms with E-state index >= 15 is 0 Å². The Bertz CT molecular complexity index is 1020. The Morgan fingerprint density at radius 2 is 1.74 bits per heavy atom. The molecular formula is C26H35N3O6. The molecule has 2 atom stereocenters. The summed E-state index contributed by atoms with van der Waals surface area (Å²) in [7, 11) is 1.55. The molecule has 0 radical (unpaired) electrons. The first-order chi connectivity index (χ1) is 16.4. The lowest BCUT2D eigenvalue weighted by Crippen LogP contribution is -2.50. The average molecular weight is 486 g/mol. The van der Waals surface area contributed by atoms with Crippen molar-refractivity contribution in [3.8, 4) is 11.5 Å². The molecule has 0 aromatic heterocycles. The number of carbonyl (C=O) groups is 3. The number of ether oxygens (including phenoxy) is 2. The van der Waals surface area contributed by atoms with E-state index in [1.807, 2.05) is 13.8 Å². The number of phenolic OH excluding ortho intramolecular Hbond substituents is 1. The topological polar surface area (TPSA) is 117 Å². The van der Waals surface area contributed by atoms with E-state index < -0.39 is 29.6 Å². The molecule has 0 aliphatic carbocycles. The monoisotopic (exact) mass is 485 g/mol. The van der Waals surface area contributed by atoms with Crippen molar-refractivity contribution in [1.29, 1.82) is 0 Å². The summed E-state index contributed by atoms with van der Waals surface area (Å²) in [5, 5.41) is 15.4. The molecule has 0 saturated heterocycles. The molecular weight excluding hydrogens is 450 g/mol. The van der Waals surface area contributed by atoms with Crippen LogP contribution in [-0.2, 0) is 14.3 Å². The first kappa shape index (κ1) is 27.5. The molecule has 3 amide bonds. The summed E-state index contributed by atoms with van der Waals surface area (Å²) < 4.78 is 10.4. The maximum absolute atomic E-state index is 13.5. The van der Waals surface area contributed by atoms with Crippen molar-refractivity contribution in [2.45, 2.75) is 58.7 Å². The summed E-state index contributed by atoms with van der Waals surface area (Å²) in [6, 6.07) is 11.6. The molecule has 3 N–H and O–H groups in total. The van der Waals surface area contributed by atoms with Crippen LogP contribution in [0, 0.1) is 0 Å². The molecule has 0 fully saturated rings. The fourth-order valence-corrected chi connectivity index (χ4v) is 3.41. The van der Waals surface area contributed by atoms with Gasteiger partial charge in [0.1, 0.15) is 29.7 Å². The Kier molecular flexibility index (Phi) is 9.50. The van der Waals surface area contributed by atoms with Crippen LogP contribution in [-0.4, -0.2) is 53.2 Å². The molecule has 9 nitrogen and oxygen atoms in total. The van der Waals surface area contributed by atoms with E-state index in [0.717, 1.165) is 0 Å². The smallest absolute Gasteiger partial charge is 0.408 e. The SMILES string of the molecule is CCC(C)N(C(=O)CNC(=O)OC(C)(C)C)C(C(=O)Nc1ccc(OC)cc1)c1cccc(O)c1. The van der Waals surface area contributed by atoms with Crippen molar-refractivity contribution in [3.05, 3.63) is 54.1 Å². The fraction of sp³-hybridized carbons (Fsp3) is 0.423. The number of hydrogen-bond acceptors (Lipinski definition) is 6. The molecule has 2 aromatic carbocycles. The van der Waals surface area contributed by atoms with Gasteiger partial charge in [-0.1, -0.05) is 19.1 Å². The van der Waals surface area contributed by atoms with Gasteiger partial charge in [0, 0.05) is 11.7 Å². The lowest BCUT2D eigenvalue weighted by atomic mass is 10.0. The highest BCUT2D eigenvalue weighted by molar-refractivity contribution is 5.98. The number of anilines is 1. The molecule has 2 rings (SSSR count). The zero-order chi connectivity index (χ0) is 26.2. The summed E-state index contributed by atoms with van der Waals surface area (Å²) in [5.41, 5.74) is 0.234. The van der Waals surface area contributed by atoms with E-state index in [-0.39, 0.29) is 18.3 Å². The number of aromatic hydroxyl groups is 1. The minimum Gasteiger partial charge on any atom is -0.508 e. The maximum atomic E-state index is 13.5. The second-order valence-corrected chi connectivity index (χ2v) is 9.13. The second-order valence-electron chi connectivity index (χ2n) is 9.13. The quantitative estimate of drug-likeness (QED) is 0.489.